The number of rotatable bonds is 2. The lowest BCUT2D eigenvalue weighted by molar-refractivity contribution is 0.0934. The molecule has 0 aliphatic carbocycles. The maximum absolute atomic E-state index is 12.1. The third kappa shape index (κ3) is 4.99. The van der Waals surface area contributed by atoms with Crippen LogP contribution in [0.25, 0.3) is 0 Å². The van der Waals surface area contributed by atoms with Gasteiger partial charge in [-0.15, -0.1) is 0 Å². The van der Waals surface area contributed by atoms with E-state index in [0.717, 1.165) is 13.6 Å². The predicted octanol–water partition coefficient (Wildman–Crippen LogP) is 3.31. The molecule has 0 aliphatic heterocycles. The quantitative estimate of drug-likeness (QED) is 0.325. The lowest BCUT2D eigenvalue weighted by Gasteiger charge is -2.12. The molecule has 0 unspecified atom stereocenters. The van der Waals surface area contributed by atoms with Crippen LogP contribution < -0.4 is 16.2 Å². The second-order valence-electron chi connectivity index (χ2n) is 4.81. The monoisotopic (exact) mass is 517 g/mol. The molecule has 0 spiro atoms. The van der Waals surface area contributed by atoms with Crippen molar-refractivity contribution in [1.29, 1.82) is 0 Å². The van der Waals surface area contributed by atoms with Crippen LogP contribution in [0.1, 0.15) is 26.3 Å². The number of benzene rings is 2. The van der Waals surface area contributed by atoms with Gasteiger partial charge in [0.1, 0.15) is 0 Å². The van der Waals surface area contributed by atoms with Crippen molar-refractivity contribution in [2.75, 3.05) is 0 Å². The van der Waals surface area contributed by atoms with Gasteiger partial charge in [0.2, 0.25) is 0 Å². The van der Waals surface area contributed by atoms with E-state index >= 15 is 0 Å². The SMILES string of the molecule is Cc1ccc(C(=O)NNC(=S)NC(=O)c2ccccc2I)cc1Br. The fourth-order valence-corrected chi connectivity index (χ4v) is 2.92. The summed E-state index contributed by atoms with van der Waals surface area (Å²) in [6.45, 7) is 1.93. The van der Waals surface area contributed by atoms with Crippen molar-refractivity contribution in [1.82, 2.24) is 16.2 Å². The van der Waals surface area contributed by atoms with Crippen molar-refractivity contribution in [2.45, 2.75) is 6.92 Å². The molecule has 0 aromatic heterocycles. The summed E-state index contributed by atoms with van der Waals surface area (Å²) < 4.78 is 1.65. The zero-order valence-corrected chi connectivity index (χ0v) is 17.1. The van der Waals surface area contributed by atoms with Crippen LogP contribution in [0.4, 0.5) is 0 Å². The highest BCUT2D eigenvalue weighted by atomic mass is 127. The Hall–Kier alpha value is -1.52. The number of amides is 2. The van der Waals surface area contributed by atoms with Crippen LogP contribution in [0, 0.1) is 10.5 Å². The first-order valence-corrected chi connectivity index (χ1v) is 9.09. The summed E-state index contributed by atoms with van der Waals surface area (Å²) in [4.78, 5) is 24.2. The van der Waals surface area contributed by atoms with E-state index in [1.165, 1.54) is 0 Å². The lowest BCUT2D eigenvalue weighted by atomic mass is 10.1. The van der Waals surface area contributed by atoms with Gasteiger partial charge in [0, 0.05) is 13.6 Å². The molecule has 0 saturated heterocycles. The Morgan fingerprint density at radius 2 is 1.79 bits per heavy atom. The Labute approximate surface area is 166 Å². The van der Waals surface area contributed by atoms with Crippen LogP contribution >= 0.6 is 50.7 Å². The minimum absolute atomic E-state index is 0.0131. The van der Waals surface area contributed by atoms with Crippen LogP contribution in [0.2, 0.25) is 0 Å². The standard InChI is InChI=1S/C16H13BrIN3O2S/c1-9-6-7-10(8-12(9)17)14(22)20-21-16(24)19-15(23)11-4-2-3-5-13(11)18/h2-8H,1H3,(H,20,22)(H2,19,21,23,24). The zero-order chi connectivity index (χ0) is 17.7. The van der Waals surface area contributed by atoms with E-state index in [1.807, 2.05) is 25.1 Å². The maximum atomic E-state index is 12.1. The Morgan fingerprint density at radius 3 is 2.46 bits per heavy atom. The van der Waals surface area contributed by atoms with E-state index in [1.54, 1.807) is 24.3 Å². The molecule has 8 heteroatoms. The predicted molar refractivity (Wildman–Crippen MR) is 109 cm³/mol. The van der Waals surface area contributed by atoms with Gasteiger partial charge >= 0.3 is 0 Å². The minimum Gasteiger partial charge on any atom is -0.298 e. The summed E-state index contributed by atoms with van der Waals surface area (Å²) in [5.41, 5.74) is 6.97. The molecule has 0 heterocycles. The first-order chi connectivity index (χ1) is 11.4. The van der Waals surface area contributed by atoms with E-state index in [9.17, 15) is 9.59 Å². The summed E-state index contributed by atoms with van der Waals surface area (Å²) in [5, 5.41) is 2.53. The third-order valence-corrected chi connectivity index (χ3v) is 5.07. The summed E-state index contributed by atoms with van der Waals surface area (Å²) in [6.07, 6.45) is 0. The molecule has 24 heavy (non-hydrogen) atoms. The number of hydrazine groups is 1. The van der Waals surface area contributed by atoms with Gasteiger partial charge in [0.15, 0.2) is 5.11 Å². The summed E-state index contributed by atoms with van der Waals surface area (Å²) in [5.74, 6) is -0.702. The van der Waals surface area contributed by atoms with Crippen molar-refractivity contribution in [3.05, 3.63) is 67.2 Å². The molecular weight excluding hydrogens is 505 g/mol. The van der Waals surface area contributed by atoms with Crippen molar-refractivity contribution in [3.8, 4) is 0 Å². The van der Waals surface area contributed by atoms with Crippen LogP contribution in [0.15, 0.2) is 46.9 Å². The number of carbonyl (C=O) groups is 2. The average Bonchev–Trinajstić information content (AvgIpc) is 2.55. The zero-order valence-electron chi connectivity index (χ0n) is 12.5. The largest absolute Gasteiger partial charge is 0.298 e. The van der Waals surface area contributed by atoms with Crippen molar-refractivity contribution in [2.24, 2.45) is 0 Å². The molecule has 124 valence electrons. The van der Waals surface area contributed by atoms with E-state index in [0.29, 0.717) is 11.1 Å². The molecule has 2 amide bonds. The smallest absolute Gasteiger partial charge is 0.269 e. The fraction of sp³-hybridized carbons (Fsp3) is 0.0625. The second kappa shape index (κ2) is 8.54. The molecule has 2 rings (SSSR count). The Kier molecular flexibility index (Phi) is 6.69. The Balaban J connectivity index is 1.91. The third-order valence-electron chi connectivity index (χ3n) is 3.07. The van der Waals surface area contributed by atoms with E-state index in [-0.39, 0.29) is 16.9 Å². The molecule has 2 aromatic rings. The molecule has 0 aliphatic rings. The number of carbonyl (C=O) groups excluding carboxylic acids is 2. The number of hydrogen-bond donors (Lipinski definition) is 3. The Bertz CT molecular complexity index is 814. The molecule has 0 saturated carbocycles. The first-order valence-electron chi connectivity index (χ1n) is 6.81. The Morgan fingerprint density at radius 1 is 1.08 bits per heavy atom. The van der Waals surface area contributed by atoms with E-state index in [2.05, 4.69) is 54.7 Å². The minimum atomic E-state index is -0.360. The lowest BCUT2D eigenvalue weighted by Crippen LogP contribution is -2.48. The molecular formula is C16H13BrIN3O2S. The van der Waals surface area contributed by atoms with Gasteiger partial charge in [-0.2, -0.15) is 0 Å². The molecule has 0 bridgehead atoms. The van der Waals surface area contributed by atoms with Gasteiger partial charge in [-0.3, -0.25) is 25.8 Å². The van der Waals surface area contributed by atoms with Crippen LogP contribution in [0.3, 0.4) is 0 Å². The molecule has 0 fully saturated rings. The molecule has 0 radical (unpaired) electrons. The molecule has 0 atom stereocenters. The van der Waals surface area contributed by atoms with Crippen LogP contribution in [-0.2, 0) is 0 Å². The van der Waals surface area contributed by atoms with Crippen molar-refractivity contribution >= 4 is 67.7 Å². The summed E-state index contributed by atoms with van der Waals surface area (Å²) in [6, 6.07) is 12.4. The van der Waals surface area contributed by atoms with Gasteiger partial charge in [-0.05, 0) is 71.6 Å². The van der Waals surface area contributed by atoms with E-state index in [4.69, 9.17) is 12.2 Å². The second-order valence-corrected chi connectivity index (χ2v) is 7.23. The first kappa shape index (κ1) is 18.8. The number of nitrogens with one attached hydrogen (secondary N) is 3. The van der Waals surface area contributed by atoms with Gasteiger partial charge in [-0.25, -0.2) is 0 Å². The number of thiocarbonyl (C=S) groups is 1. The van der Waals surface area contributed by atoms with Gasteiger partial charge in [0.25, 0.3) is 11.8 Å². The highest BCUT2D eigenvalue weighted by Gasteiger charge is 2.12. The normalized spacial score (nSPS) is 9.96. The molecule has 5 nitrogen and oxygen atoms in total. The fourth-order valence-electron chi connectivity index (χ4n) is 1.77. The topological polar surface area (TPSA) is 70.2 Å². The molecule has 3 N–H and O–H groups in total. The van der Waals surface area contributed by atoms with E-state index < -0.39 is 0 Å². The number of hydrogen-bond acceptors (Lipinski definition) is 3. The van der Waals surface area contributed by atoms with Gasteiger partial charge < -0.3 is 0 Å². The summed E-state index contributed by atoms with van der Waals surface area (Å²) >= 11 is 10.5. The maximum Gasteiger partial charge on any atom is 0.269 e. The van der Waals surface area contributed by atoms with Gasteiger partial charge in [0.05, 0.1) is 5.56 Å². The number of halogens is 2. The summed E-state index contributed by atoms with van der Waals surface area (Å²) in [7, 11) is 0. The van der Waals surface area contributed by atoms with Gasteiger partial charge in [-0.1, -0.05) is 34.1 Å². The molecule has 2 aromatic carbocycles. The van der Waals surface area contributed by atoms with Crippen LogP contribution in [0.5, 0.6) is 0 Å². The van der Waals surface area contributed by atoms with Crippen LogP contribution in [-0.4, -0.2) is 16.9 Å². The number of aryl methyl sites for hydroxylation is 1. The highest BCUT2D eigenvalue weighted by Crippen LogP contribution is 2.17. The highest BCUT2D eigenvalue weighted by molar-refractivity contribution is 14.1. The van der Waals surface area contributed by atoms with Crippen molar-refractivity contribution in [3.63, 3.8) is 0 Å². The average molecular weight is 518 g/mol. The van der Waals surface area contributed by atoms with Crippen molar-refractivity contribution < 1.29 is 9.59 Å².